The van der Waals surface area contributed by atoms with Crippen LogP contribution >= 0.6 is 0 Å². The van der Waals surface area contributed by atoms with Crippen molar-refractivity contribution in [1.82, 2.24) is 5.32 Å². The van der Waals surface area contributed by atoms with E-state index in [-0.39, 0.29) is 5.41 Å². The fourth-order valence-corrected chi connectivity index (χ4v) is 3.31. The largest absolute Gasteiger partial charge is 0.307 e. The zero-order chi connectivity index (χ0) is 15.0. The molecule has 0 radical (unpaired) electrons. The molecule has 0 bridgehead atoms. The fraction of sp³-hybridized carbons (Fsp3) is 0.684. The molecule has 1 aromatic carbocycles. The molecule has 0 amide bonds. The summed E-state index contributed by atoms with van der Waals surface area (Å²) in [4.78, 5) is 0. The van der Waals surface area contributed by atoms with Gasteiger partial charge in [0.15, 0.2) is 0 Å². The van der Waals surface area contributed by atoms with E-state index >= 15 is 0 Å². The molecule has 112 valence electrons. The molecule has 20 heavy (non-hydrogen) atoms. The van der Waals surface area contributed by atoms with E-state index in [1.165, 1.54) is 30.4 Å². The molecule has 0 spiro atoms. The van der Waals surface area contributed by atoms with E-state index in [1.807, 2.05) is 0 Å². The lowest BCUT2D eigenvalue weighted by atomic mass is 9.85. The highest BCUT2D eigenvalue weighted by molar-refractivity contribution is 5.29. The lowest BCUT2D eigenvalue weighted by Gasteiger charge is -2.31. The van der Waals surface area contributed by atoms with Crippen LogP contribution in [0.3, 0.4) is 0 Å². The Balaban J connectivity index is 2.04. The summed E-state index contributed by atoms with van der Waals surface area (Å²) < 4.78 is 0. The quantitative estimate of drug-likeness (QED) is 0.796. The molecule has 1 saturated carbocycles. The Labute approximate surface area is 125 Å². The van der Waals surface area contributed by atoms with Crippen LogP contribution in [0.25, 0.3) is 0 Å². The number of hydrogen-bond acceptors (Lipinski definition) is 1. The fourth-order valence-electron chi connectivity index (χ4n) is 3.31. The number of rotatable bonds is 3. The van der Waals surface area contributed by atoms with Gasteiger partial charge in [-0.2, -0.15) is 0 Å². The summed E-state index contributed by atoms with van der Waals surface area (Å²) >= 11 is 0. The van der Waals surface area contributed by atoms with Gasteiger partial charge in [-0.25, -0.2) is 0 Å². The summed E-state index contributed by atoms with van der Waals surface area (Å²) in [5.74, 6) is 0. The third-order valence-electron chi connectivity index (χ3n) is 4.99. The monoisotopic (exact) mass is 273 g/mol. The van der Waals surface area contributed by atoms with Gasteiger partial charge in [0, 0.05) is 12.1 Å². The molecule has 1 aliphatic carbocycles. The van der Waals surface area contributed by atoms with Crippen molar-refractivity contribution in [3.05, 3.63) is 35.4 Å². The van der Waals surface area contributed by atoms with Gasteiger partial charge >= 0.3 is 0 Å². The maximum absolute atomic E-state index is 3.84. The second kappa shape index (κ2) is 5.52. The Morgan fingerprint density at radius 3 is 2.20 bits per heavy atom. The van der Waals surface area contributed by atoms with Crippen LogP contribution in [-0.2, 0) is 5.41 Å². The Bertz CT molecular complexity index is 436. The van der Waals surface area contributed by atoms with Crippen LogP contribution in [0.2, 0.25) is 0 Å². The van der Waals surface area contributed by atoms with Gasteiger partial charge in [0.2, 0.25) is 0 Å². The first-order valence-electron chi connectivity index (χ1n) is 8.07. The van der Waals surface area contributed by atoms with Crippen molar-refractivity contribution >= 4 is 0 Å². The van der Waals surface area contributed by atoms with Crippen LogP contribution in [0.1, 0.15) is 78.0 Å². The third-order valence-corrected chi connectivity index (χ3v) is 4.99. The molecule has 0 aromatic heterocycles. The van der Waals surface area contributed by atoms with E-state index in [1.54, 1.807) is 0 Å². The highest BCUT2D eigenvalue weighted by atomic mass is 15.0. The molecule has 2 rings (SSSR count). The summed E-state index contributed by atoms with van der Waals surface area (Å²) in [5.41, 5.74) is 3.50. The second-order valence-electron chi connectivity index (χ2n) is 8.19. The van der Waals surface area contributed by atoms with Gasteiger partial charge in [-0.05, 0) is 41.7 Å². The minimum absolute atomic E-state index is 0.239. The molecule has 1 aromatic rings. The summed E-state index contributed by atoms with van der Waals surface area (Å²) in [7, 11) is 0. The number of nitrogens with one attached hydrogen (secondary N) is 1. The predicted molar refractivity (Wildman–Crippen MR) is 88.1 cm³/mol. The van der Waals surface area contributed by atoms with Crippen molar-refractivity contribution < 1.29 is 0 Å². The predicted octanol–water partition coefficient (Wildman–Crippen LogP) is 5.21. The molecule has 2 unspecified atom stereocenters. The maximum Gasteiger partial charge on any atom is 0.0294 e. The third kappa shape index (κ3) is 3.44. The van der Waals surface area contributed by atoms with E-state index in [0.717, 1.165) is 0 Å². The van der Waals surface area contributed by atoms with Gasteiger partial charge in [0.05, 0.1) is 0 Å². The topological polar surface area (TPSA) is 12.0 Å². The molecule has 1 heteroatoms. The number of benzene rings is 1. The lowest BCUT2D eigenvalue weighted by Crippen LogP contribution is -2.39. The van der Waals surface area contributed by atoms with Crippen molar-refractivity contribution in [2.75, 3.05) is 0 Å². The summed E-state index contributed by atoms with van der Waals surface area (Å²) in [5, 5.41) is 3.84. The van der Waals surface area contributed by atoms with E-state index in [9.17, 15) is 0 Å². The van der Waals surface area contributed by atoms with Crippen LogP contribution in [-0.4, -0.2) is 6.04 Å². The van der Waals surface area contributed by atoms with E-state index in [0.29, 0.717) is 17.5 Å². The molecule has 2 atom stereocenters. The van der Waals surface area contributed by atoms with Crippen LogP contribution < -0.4 is 5.32 Å². The van der Waals surface area contributed by atoms with Gasteiger partial charge in [-0.15, -0.1) is 0 Å². The molecule has 1 aliphatic rings. The standard InChI is InChI=1S/C19H31N/c1-14(20-17-8-7-13-19(17,5)6)15-9-11-16(12-10-15)18(2,3)4/h9-12,14,17,20H,7-8,13H2,1-6H3. The molecule has 1 fully saturated rings. The lowest BCUT2D eigenvalue weighted by molar-refractivity contribution is 0.266. The zero-order valence-corrected chi connectivity index (χ0v) is 14.1. The first-order valence-corrected chi connectivity index (χ1v) is 8.07. The van der Waals surface area contributed by atoms with Crippen molar-refractivity contribution in [3.8, 4) is 0 Å². The molecule has 1 N–H and O–H groups in total. The van der Waals surface area contributed by atoms with Crippen LogP contribution in [0, 0.1) is 5.41 Å². The van der Waals surface area contributed by atoms with Crippen molar-refractivity contribution in [2.24, 2.45) is 5.41 Å². The van der Waals surface area contributed by atoms with Gasteiger partial charge in [0.1, 0.15) is 0 Å². The Morgan fingerprint density at radius 2 is 1.75 bits per heavy atom. The van der Waals surface area contributed by atoms with Gasteiger partial charge in [-0.3, -0.25) is 0 Å². The van der Waals surface area contributed by atoms with Crippen molar-refractivity contribution in [2.45, 2.75) is 78.3 Å². The Hall–Kier alpha value is -0.820. The second-order valence-corrected chi connectivity index (χ2v) is 8.19. The Morgan fingerprint density at radius 1 is 1.15 bits per heavy atom. The van der Waals surface area contributed by atoms with Gasteiger partial charge in [-0.1, -0.05) is 65.3 Å². The van der Waals surface area contributed by atoms with Gasteiger partial charge in [0.25, 0.3) is 0 Å². The Kier molecular flexibility index (Phi) is 4.30. The SMILES string of the molecule is CC(NC1CCCC1(C)C)c1ccc(C(C)(C)C)cc1. The maximum atomic E-state index is 3.84. The summed E-state index contributed by atoms with van der Waals surface area (Å²) in [6.07, 6.45) is 4.03. The minimum Gasteiger partial charge on any atom is -0.307 e. The summed E-state index contributed by atoms with van der Waals surface area (Å²) in [6, 6.07) is 10.2. The average Bonchev–Trinajstić information content (AvgIpc) is 2.68. The molecular weight excluding hydrogens is 242 g/mol. The summed E-state index contributed by atoms with van der Waals surface area (Å²) in [6.45, 7) is 13.9. The molecular formula is C19H31N. The molecule has 0 saturated heterocycles. The van der Waals surface area contributed by atoms with Crippen LogP contribution in [0.15, 0.2) is 24.3 Å². The van der Waals surface area contributed by atoms with Crippen molar-refractivity contribution in [3.63, 3.8) is 0 Å². The smallest absolute Gasteiger partial charge is 0.0294 e. The van der Waals surface area contributed by atoms with Crippen LogP contribution in [0.5, 0.6) is 0 Å². The normalized spacial score (nSPS) is 23.8. The minimum atomic E-state index is 0.239. The van der Waals surface area contributed by atoms with Crippen LogP contribution in [0.4, 0.5) is 0 Å². The average molecular weight is 273 g/mol. The van der Waals surface area contributed by atoms with E-state index in [2.05, 4.69) is 71.1 Å². The zero-order valence-electron chi connectivity index (χ0n) is 14.1. The molecule has 1 nitrogen and oxygen atoms in total. The highest BCUT2D eigenvalue weighted by Crippen LogP contribution is 2.38. The van der Waals surface area contributed by atoms with E-state index < -0.39 is 0 Å². The molecule has 0 aliphatic heterocycles. The molecule has 0 heterocycles. The highest BCUT2D eigenvalue weighted by Gasteiger charge is 2.34. The number of hydrogen-bond donors (Lipinski definition) is 1. The van der Waals surface area contributed by atoms with Crippen molar-refractivity contribution in [1.29, 1.82) is 0 Å². The van der Waals surface area contributed by atoms with Gasteiger partial charge < -0.3 is 5.32 Å². The first kappa shape index (κ1) is 15.6. The first-order chi connectivity index (χ1) is 9.20. The van der Waals surface area contributed by atoms with E-state index in [4.69, 9.17) is 0 Å².